The van der Waals surface area contributed by atoms with Gasteiger partial charge in [0.05, 0.1) is 24.0 Å². The van der Waals surface area contributed by atoms with Crippen LogP contribution in [0.25, 0.3) is 44.8 Å². The molecule has 2 bridgehead atoms. The normalized spacial score (nSPS) is 21.2. The first-order chi connectivity index (χ1) is 22.7. The lowest BCUT2D eigenvalue weighted by molar-refractivity contribution is -0.138. The van der Waals surface area contributed by atoms with Gasteiger partial charge in [0.1, 0.15) is 23.0 Å². The second-order valence-corrected chi connectivity index (χ2v) is 13.5. The van der Waals surface area contributed by atoms with Crippen LogP contribution in [0.1, 0.15) is 41.6 Å². The van der Waals surface area contributed by atoms with Crippen LogP contribution in [0, 0.1) is 11.8 Å². The van der Waals surface area contributed by atoms with E-state index in [9.17, 15) is 14.7 Å². The van der Waals surface area contributed by atoms with E-state index in [2.05, 4.69) is 21.3 Å². The van der Waals surface area contributed by atoms with Gasteiger partial charge in [0.15, 0.2) is 5.82 Å². The zero-order chi connectivity index (χ0) is 32.6. The highest BCUT2D eigenvalue weighted by Crippen LogP contribution is 2.40. The summed E-state index contributed by atoms with van der Waals surface area (Å²) in [6, 6.07) is 16.9. The molecule has 242 valence electrons. The van der Waals surface area contributed by atoms with Gasteiger partial charge in [-0.15, -0.1) is 0 Å². The molecule has 5 N–H and O–H groups in total. The molecule has 2 aliphatic carbocycles. The summed E-state index contributed by atoms with van der Waals surface area (Å²) in [7, 11) is 3.62. The fourth-order valence-electron chi connectivity index (χ4n) is 7.64. The summed E-state index contributed by atoms with van der Waals surface area (Å²) >= 11 is 0. The molecule has 1 amide bonds. The van der Waals surface area contributed by atoms with E-state index >= 15 is 0 Å². The third kappa shape index (κ3) is 5.05. The van der Waals surface area contributed by atoms with Crippen molar-refractivity contribution in [1.29, 1.82) is 0 Å². The number of hydrogen-bond donors (Lipinski definition) is 3. The molecule has 3 unspecified atom stereocenters. The minimum atomic E-state index is -1.01. The summed E-state index contributed by atoms with van der Waals surface area (Å²) in [5.74, 6) is 1.32. The van der Waals surface area contributed by atoms with Crippen LogP contribution in [0.4, 0.5) is 0 Å². The number of carboxylic acids is 1. The van der Waals surface area contributed by atoms with Crippen molar-refractivity contribution in [1.82, 2.24) is 24.0 Å². The minimum absolute atomic E-state index is 0.0163. The monoisotopic (exact) mass is 633 g/mol. The lowest BCUT2D eigenvalue weighted by atomic mass is 10.0. The van der Waals surface area contributed by atoms with Gasteiger partial charge in [0, 0.05) is 48.7 Å². The van der Waals surface area contributed by atoms with Gasteiger partial charge >= 0.3 is 5.97 Å². The lowest BCUT2D eigenvalue weighted by Gasteiger charge is -2.27. The second-order valence-electron chi connectivity index (χ2n) is 13.5. The molecule has 11 heteroatoms. The molecule has 1 saturated heterocycles. The van der Waals surface area contributed by atoms with Crippen LogP contribution in [0.2, 0.25) is 0 Å². The van der Waals surface area contributed by atoms with E-state index in [0.717, 1.165) is 64.3 Å². The van der Waals surface area contributed by atoms with Crippen LogP contribution in [0.15, 0.2) is 54.6 Å². The highest BCUT2D eigenvalue weighted by Gasteiger charge is 2.47. The third-order valence-electron chi connectivity index (χ3n) is 10.4. The number of fused-ring (bicyclic) bond motifs is 4. The molecule has 2 aromatic carbocycles. The number of nitrogens with zero attached hydrogens (tertiary/aromatic N) is 5. The van der Waals surface area contributed by atoms with Crippen LogP contribution in [-0.2, 0) is 24.8 Å². The standard InChI is InChI=1S/C36H39N7O4/c1-41-32-27(14-24(16-30(32)47-2)35(44)43-18-23-10-12-28(43)31(23)38)40-34(41)29-15-22-9-11-26(39-33(22)42(29)17-20-3-4-20)21-7-5-19(6-8-21)13-25(37)36(45)46/h5-9,11,14-16,20,23,25,28,31H,3-4,10,12-13,17-18,37-38H2,1-2H3,(H,45,46)/t23?,25?,28?,31-/m1/s1. The Balaban J connectivity index is 1.18. The molecule has 0 spiro atoms. The Hall–Kier alpha value is -4.74. The molecule has 3 aliphatic rings. The number of aryl methyl sites for hydroxylation is 1. The molecule has 3 fully saturated rings. The fourth-order valence-corrected chi connectivity index (χ4v) is 7.64. The molecular formula is C36H39N7O4. The van der Waals surface area contributed by atoms with E-state index in [1.807, 2.05) is 54.4 Å². The number of aromatic nitrogens is 4. The van der Waals surface area contributed by atoms with E-state index in [-0.39, 0.29) is 24.4 Å². The van der Waals surface area contributed by atoms with E-state index in [0.29, 0.717) is 35.2 Å². The quantitative estimate of drug-likeness (QED) is 0.218. The highest BCUT2D eigenvalue weighted by molar-refractivity contribution is 6.00. The first-order valence-electron chi connectivity index (χ1n) is 16.4. The van der Waals surface area contributed by atoms with Crippen LogP contribution in [0.3, 0.4) is 0 Å². The van der Waals surface area contributed by atoms with E-state index in [1.54, 1.807) is 7.11 Å². The van der Waals surface area contributed by atoms with Gasteiger partial charge in [-0.1, -0.05) is 24.3 Å². The van der Waals surface area contributed by atoms with Crippen molar-refractivity contribution in [3.05, 3.63) is 65.7 Å². The summed E-state index contributed by atoms with van der Waals surface area (Å²) < 4.78 is 10.2. The summed E-state index contributed by atoms with van der Waals surface area (Å²) in [5, 5.41) is 10.2. The van der Waals surface area contributed by atoms with Gasteiger partial charge in [-0.05, 0) is 79.8 Å². The average Bonchev–Trinajstić information content (AvgIpc) is 3.48. The van der Waals surface area contributed by atoms with Crippen molar-refractivity contribution < 1.29 is 19.4 Å². The molecule has 3 aromatic heterocycles. The number of nitrogens with two attached hydrogens (primary N) is 2. The lowest BCUT2D eigenvalue weighted by Crippen LogP contribution is -2.41. The number of ether oxygens (including phenoxy) is 1. The predicted molar refractivity (Wildman–Crippen MR) is 179 cm³/mol. The molecule has 0 radical (unpaired) electrons. The van der Waals surface area contributed by atoms with Gasteiger partial charge in [0.2, 0.25) is 0 Å². The molecular weight excluding hydrogens is 594 g/mol. The second kappa shape index (κ2) is 11.2. The number of carbonyl (C=O) groups excluding carboxylic acids is 1. The largest absolute Gasteiger partial charge is 0.494 e. The van der Waals surface area contributed by atoms with Crippen LogP contribution >= 0.6 is 0 Å². The number of piperidine rings is 1. The molecule has 11 nitrogen and oxygen atoms in total. The Bertz CT molecular complexity index is 2040. The Labute approximate surface area is 272 Å². The molecule has 4 atom stereocenters. The number of methoxy groups -OCH3 is 1. The number of rotatable bonds is 9. The van der Waals surface area contributed by atoms with E-state index in [4.69, 9.17) is 26.2 Å². The molecule has 4 heterocycles. The molecule has 2 saturated carbocycles. The van der Waals surface area contributed by atoms with Gasteiger partial charge in [0.25, 0.3) is 5.91 Å². The van der Waals surface area contributed by atoms with Crippen LogP contribution in [-0.4, -0.2) is 72.8 Å². The topological polar surface area (TPSA) is 155 Å². The van der Waals surface area contributed by atoms with Crippen LogP contribution < -0.4 is 16.2 Å². The smallest absolute Gasteiger partial charge is 0.320 e. The van der Waals surface area contributed by atoms with Crippen molar-refractivity contribution in [3.63, 3.8) is 0 Å². The zero-order valence-electron chi connectivity index (χ0n) is 26.6. The number of carboxylic acid groups (broad SMARTS) is 1. The van der Waals surface area contributed by atoms with Crippen molar-refractivity contribution in [2.24, 2.45) is 30.4 Å². The number of hydrogen-bond acceptors (Lipinski definition) is 7. The highest BCUT2D eigenvalue weighted by atomic mass is 16.5. The summed E-state index contributed by atoms with van der Waals surface area (Å²) in [5.41, 5.74) is 18.7. The maximum absolute atomic E-state index is 13.7. The molecule has 8 rings (SSSR count). The number of aliphatic carboxylic acids is 1. The molecule has 47 heavy (non-hydrogen) atoms. The third-order valence-corrected chi connectivity index (χ3v) is 10.4. The summed E-state index contributed by atoms with van der Waals surface area (Å²) in [4.78, 5) is 37.1. The number of amides is 1. The summed E-state index contributed by atoms with van der Waals surface area (Å²) in [6.45, 7) is 1.54. The van der Waals surface area contributed by atoms with E-state index in [1.165, 1.54) is 12.8 Å². The first kappa shape index (κ1) is 29.6. The number of carbonyl (C=O) groups is 2. The maximum atomic E-state index is 13.7. The first-order valence-corrected chi connectivity index (χ1v) is 16.4. The minimum Gasteiger partial charge on any atom is -0.494 e. The van der Waals surface area contributed by atoms with E-state index < -0.39 is 12.0 Å². The van der Waals surface area contributed by atoms with Gasteiger partial charge in [-0.25, -0.2) is 9.97 Å². The SMILES string of the molecule is COc1cc(C(=O)N2CC3CCC2[C@@H]3N)cc2nc(-c3cc4ccc(-c5ccc(CC(N)C(=O)O)cc5)nc4n3CC3CC3)n(C)c12. The average molecular weight is 634 g/mol. The van der Waals surface area contributed by atoms with Gasteiger partial charge < -0.3 is 35.3 Å². The van der Waals surface area contributed by atoms with Crippen molar-refractivity contribution in [2.45, 2.75) is 56.8 Å². The Morgan fingerprint density at radius 1 is 1.04 bits per heavy atom. The molecule has 1 aliphatic heterocycles. The fraction of sp³-hybridized carbons (Fsp3) is 0.389. The Morgan fingerprint density at radius 2 is 1.83 bits per heavy atom. The zero-order valence-corrected chi connectivity index (χ0v) is 26.6. The van der Waals surface area contributed by atoms with Crippen LogP contribution in [0.5, 0.6) is 5.75 Å². The Kier molecular flexibility index (Phi) is 7.07. The number of imidazole rings is 1. The number of pyridine rings is 1. The Morgan fingerprint density at radius 3 is 2.49 bits per heavy atom. The van der Waals surface area contributed by atoms with Crippen molar-refractivity contribution in [2.75, 3.05) is 13.7 Å². The number of benzene rings is 2. The summed E-state index contributed by atoms with van der Waals surface area (Å²) in [6.07, 6.45) is 4.67. The van der Waals surface area contributed by atoms with Gasteiger partial charge in [-0.2, -0.15) is 0 Å². The maximum Gasteiger partial charge on any atom is 0.320 e. The predicted octanol–water partition coefficient (Wildman–Crippen LogP) is 4.19. The molecule has 5 aromatic rings. The van der Waals surface area contributed by atoms with Crippen molar-refractivity contribution in [3.8, 4) is 28.5 Å². The van der Waals surface area contributed by atoms with Gasteiger partial charge in [-0.3, -0.25) is 9.59 Å². The number of likely N-dealkylation sites (tertiary alicyclic amines) is 1. The van der Waals surface area contributed by atoms with Crippen molar-refractivity contribution >= 4 is 33.9 Å².